The van der Waals surface area contributed by atoms with Crippen molar-refractivity contribution in [1.29, 1.82) is 0 Å². The van der Waals surface area contributed by atoms with Gasteiger partial charge in [0.2, 0.25) is 0 Å². The molecule has 2 unspecified atom stereocenters. The first-order valence-electron chi connectivity index (χ1n) is 17.0. The van der Waals surface area contributed by atoms with Crippen molar-refractivity contribution in [2.45, 2.75) is 55.5 Å². The summed E-state index contributed by atoms with van der Waals surface area (Å²) in [6, 6.07) is 39.0. The third-order valence-electron chi connectivity index (χ3n) is 11.8. The van der Waals surface area contributed by atoms with Crippen LogP contribution in [0, 0.1) is 27.7 Å². The maximum atomic E-state index is 2.87. The fourth-order valence-electron chi connectivity index (χ4n) is 8.89. The van der Waals surface area contributed by atoms with Crippen LogP contribution in [0.4, 0.5) is 0 Å². The normalized spacial score (nSPS) is 18.2. The zero-order valence-electron chi connectivity index (χ0n) is 28.6. The van der Waals surface area contributed by atoms with Crippen LogP contribution in [0.1, 0.15) is 57.4 Å². The molecular formula is C45H47Hf. The van der Waals surface area contributed by atoms with Crippen LogP contribution in [0.25, 0.3) is 34.4 Å². The molecule has 0 fully saturated rings. The molecule has 0 spiro atoms. The summed E-state index contributed by atoms with van der Waals surface area (Å²) in [6.07, 6.45) is 11.1. The Balaban J connectivity index is 1.46. The molecule has 0 bridgehead atoms. The van der Waals surface area contributed by atoms with Gasteiger partial charge in [-0.05, 0) is 0 Å². The minimum absolute atomic E-state index is 0.365. The van der Waals surface area contributed by atoms with Crippen molar-refractivity contribution in [3.63, 3.8) is 0 Å². The Hall–Kier alpha value is -3.68. The molecule has 0 aliphatic heterocycles. The molecule has 0 N–H and O–H groups in total. The van der Waals surface area contributed by atoms with E-state index in [2.05, 4.69) is 173 Å². The molecule has 7 rings (SSSR count). The molecule has 0 radical (unpaired) electrons. The quantitative estimate of drug-likeness (QED) is 0.151. The van der Waals surface area contributed by atoms with E-state index in [1.54, 1.807) is 0 Å². The molecular weight excluding hydrogens is 719 g/mol. The zero-order valence-corrected chi connectivity index (χ0v) is 32.2. The predicted octanol–water partition coefficient (Wildman–Crippen LogP) is 12.5. The molecule has 2 aliphatic carbocycles. The summed E-state index contributed by atoms with van der Waals surface area (Å²) in [5, 5.41) is 0. The van der Waals surface area contributed by atoms with E-state index >= 15 is 0 Å². The number of allylic oxidation sites excluding steroid dienone is 2. The second kappa shape index (κ2) is 10.7. The second-order valence-electron chi connectivity index (χ2n) is 16.4. The van der Waals surface area contributed by atoms with Gasteiger partial charge in [-0.15, -0.1) is 0 Å². The molecule has 0 heterocycles. The topological polar surface area (TPSA) is 0 Å². The summed E-state index contributed by atoms with van der Waals surface area (Å²) in [4.78, 5) is 0. The summed E-state index contributed by atoms with van der Waals surface area (Å²) >= 11 is -4.70. The minimum atomic E-state index is -4.70. The molecule has 2 atom stereocenters. The summed E-state index contributed by atoms with van der Waals surface area (Å²) in [5.74, 6) is 0. The van der Waals surface area contributed by atoms with Gasteiger partial charge in [0, 0.05) is 0 Å². The van der Waals surface area contributed by atoms with E-state index in [0.29, 0.717) is 7.35 Å². The van der Waals surface area contributed by atoms with E-state index in [1.807, 2.05) is 0 Å². The Bertz CT molecular complexity index is 2040. The van der Waals surface area contributed by atoms with Crippen LogP contribution < -0.4 is 0 Å². The van der Waals surface area contributed by atoms with Gasteiger partial charge in [-0.2, -0.15) is 0 Å². The SMILES string of the molecule is Cc1ccc(C)c(-c2cccc3c2C=C[CH]3[Hf]([CH3])([CH3])([CH3])(=[CH]Cc2ccccc2)[CH]2C=Cc3c(-c4cc(C)ccc4C)cccc32)c1. The van der Waals surface area contributed by atoms with Gasteiger partial charge in [0.1, 0.15) is 0 Å². The standard InChI is InChI=1S/2C17H15.C8H8.3CH3.Hf/c2*1-12-9-10-13(2)17(11-12)16-8-4-6-14-5-3-7-15(14)16;1-2-8-6-4-3-5-7-8;;;;/h2*3-11H,1-2H3;1,3-7H,2H2;3*1H3;. The average molecular weight is 766 g/mol. The van der Waals surface area contributed by atoms with Crippen LogP contribution in [0.15, 0.2) is 115 Å². The van der Waals surface area contributed by atoms with Crippen LogP contribution >= 0.6 is 0 Å². The summed E-state index contributed by atoms with van der Waals surface area (Å²) < 4.78 is 11.9. The van der Waals surface area contributed by atoms with Gasteiger partial charge in [0.05, 0.1) is 0 Å². The summed E-state index contributed by atoms with van der Waals surface area (Å²) in [7, 11) is 0. The second-order valence-corrected chi connectivity index (χ2v) is 55.4. The fourth-order valence-corrected chi connectivity index (χ4v) is 33.5. The van der Waals surface area contributed by atoms with Crippen LogP contribution in [0.2, 0.25) is 14.0 Å². The zero-order chi connectivity index (χ0) is 32.3. The third kappa shape index (κ3) is 4.94. The van der Waals surface area contributed by atoms with Crippen LogP contribution in [0.5, 0.6) is 0 Å². The first kappa shape index (κ1) is 30.9. The van der Waals surface area contributed by atoms with Gasteiger partial charge in [0.15, 0.2) is 0 Å². The maximum absolute atomic E-state index is 4.70. The number of hydrogen-bond donors (Lipinski definition) is 0. The molecule has 1 heteroatoms. The van der Waals surface area contributed by atoms with E-state index in [0.717, 1.165) is 6.42 Å². The van der Waals surface area contributed by atoms with Gasteiger partial charge in [-0.25, -0.2) is 0 Å². The van der Waals surface area contributed by atoms with E-state index in [1.165, 1.54) is 72.3 Å². The van der Waals surface area contributed by atoms with Crippen molar-refractivity contribution in [3.8, 4) is 22.3 Å². The van der Waals surface area contributed by atoms with Crippen molar-refractivity contribution in [3.05, 3.63) is 165 Å². The van der Waals surface area contributed by atoms with E-state index < -0.39 is 16.5 Å². The number of rotatable bonds is 6. The van der Waals surface area contributed by atoms with Crippen molar-refractivity contribution >= 4 is 15.9 Å². The van der Waals surface area contributed by atoms with Gasteiger partial charge in [0.25, 0.3) is 0 Å². The average Bonchev–Trinajstić information content (AvgIpc) is 3.70. The first-order valence-corrected chi connectivity index (χ1v) is 34.0. The van der Waals surface area contributed by atoms with Crippen molar-refractivity contribution in [2.24, 2.45) is 0 Å². The number of aryl methyl sites for hydroxylation is 4. The Morgan fingerprint density at radius 1 is 0.522 bits per heavy atom. The van der Waals surface area contributed by atoms with E-state index in [9.17, 15) is 0 Å². The fraction of sp³-hybridized carbons (Fsp3) is 0.222. The molecule has 231 valence electrons. The Labute approximate surface area is 273 Å². The van der Waals surface area contributed by atoms with Crippen LogP contribution in [0.3, 0.4) is 0 Å². The predicted molar refractivity (Wildman–Crippen MR) is 200 cm³/mol. The van der Waals surface area contributed by atoms with Gasteiger partial charge >= 0.3 is 276 Å². The molecule has 0 nitrogen and oxygen atoms in total. The molecule has 0 amide bonds. The third-order valence-corrected chi connectivity index (χ3v) is 40.9. The molecule has 0 saturated heterocycles. The first-order chi connectivity index (χ1) is 21.9. The van der Waals surface area contributed by atoms with Crippen molar-refractivity contribution in [1.82, 2.24) is 0 Å². The Morgan fingerprint density at radius 2 is 1.00 bits per heavy atom. The monoisotopic (exact) mass is 767 g/mol. The molecule has 0 aromatic heterocycles. The van der Waals surface area contributed by atoms with E-state index in [-0.39, 0.29) is 0 Å². The Kier molecular flexibility index (Phi) is 7.18. The van der Waals surface area contributed by atoms with Crippen molar-refractivity contribution < 1.29 is 16.5 Å². The molecule has 2 aliphatic rings. The van der Waals surface area contributed by atoms with Crippen LogP contribution in [-0.4, -0.2) is 3.76 Å². The summed E-state index contributed by atoms with van der Waals surface area (Å²) in [5.41, 5.74) is 17.9. The molecule has 46 heavy (non-hydrogen) atoms. The molecule has 5 aromatic carbocycles. The van der Waals surface area contributed by atoms with E-state index in [4.69, 9.17) is 0 Å². The van der Waals surface area contributed by atoms with Gasteiger partial charge in [-0.1, -0.05) is 0 Å². The van der Waals surface area contributed by atoms with Crippen LogP contribution in [-0.2, 0) is 23.0 Å². The summed E-state index contributed by atoms with van der Waals surface area (Å²) in [6.45, 7) is 8.90. The van der Waals surface area contributed by atoms with Gasteiger partial charge in [-0.3, -0.25) is 0 Å². The number of hydrogen-bond acceptors (Lipinski definition) is 0. The number of benzene rings is 5. The van der Waals surface area contributed by atoms with Gasteiger partial charge < -0.3 is 0 Å². The van der Waals surface area contributed by atoms with Crippen molar-refractivity contribution in [2.75, 3.05) is 0 Å². The molecule has 0 saturated carbocycles. The Morgan fingerprint density at radius 3 is 1.48 bits per heavy atom. The molecule has 5 aromatic rings. The number of fused-ring (bicyclic) bond motifs is 2.